The maximum atomic E-state index is 14.7. The predicted octanol–water partition coefficient (Wildman–Crippen LogP) is 5.06. The van der Waals surface area contributed by atoms with E-state index in [1.54, 1.807) is 24.8 Å². The molecule has 2 aliphatic rings. The zero-order chi connectivity index (χ0) is 34.8. The lowest BCUT2D eigenvalue weighted by molar-refractivity contribution is -0.117. The van der Waals surface area contributed by atoms with Gasteiger partial charge >= 0.3 is 0 Å². The molecule has 3 heterocycles. The van der Waals surface area contributed by atoms with Crippen molar-refractivity contribution < 1.29 is 28.2 Å². The highest BCUT2D eigenvalue weighted by atomic mass is 32.2. The highest BCUT2D eigenvalue weighted by Crippen LogP contribution is 2.32. The van der Waals surface area contributed by atoms with E-state index in [1.165, 1.54) is 16.7 Å². The van der Waals surface area contributed by atoms with Gasteiger partial charge in [-0.1, -0.05) is 36.4 Å². The number of halogens is 1. The van der Waals surface area contributed by atoms with Crippen LogP contribution >= 0.6 is 0 Å². The summed E-state index contributed by atoms with van der Waals surface area (Å²) in [5.41, 5.74) is 0.159. The van der Waals surface area contributed by atoms with E-state index < -0.39 is 22.9 Å². The minimum absolute atomic E-state index is 0.0179. The van der Waals surface area contributed by atoms with E-state index in [9.17, 15) is 18.8 Å². The van der Waals surface area contributed by atoms with Crippen LogP contribution in [0.2, 0.25) is 0 Å². The molecule has 1 fully saturated rings. The van der Waals surface area contributed by atoms with Crippen molar-refractivity contribution in [1.82, 2.24) is 14.9 Å². The number of hydrogen-bond donors (Lipinski definition) is 1. The number of benzene rings is 2. The second-order valence-corrected chi connectivity index (χ2v) is 16.7. The summed E-state index contributed by atoms with van der Waals surface area (Å²) >= 11 is 0. The predicted molar refractivity (Wildman–Crippen MR) is 185 cm³/mol. The Kier molecular flexibility index (Phi) is 10.7. The van der Waals surface area contributed by atoms with E-state index in [1.807, 2.05) is 37.3 Å². The number of carbonyl (C=O) groups excluding carboxylic acids is 2. The Labute approximate surface area is 284 Å². The van der Waals surface area contributed by atoms with Crippen LogP contribution in [0.3, 0.4) is 0 Å². The zero-order valence-corrected chi connectivity index (χ0v) is 29.6. The van der Waals surface area contributed by atoms with Crippen LogP contribution in [0.4, 0.5) is 10.1 Å². The summed E-state index contributed by atoms with van der Waals surface area (Å²) in [6.07, 6.45) is 3.06. The fourth-order valence-corrected chi connectivity index (χ4v) is 7.20. The highest BCUT2D eigenvalue weighted by Gasteiger charge is 2.39. The van der Waals surface area contributed by atoms with Crippen LogP contribution in [0.25, 0.3) is 0 Å². The molecule has 2 aliphatic heterocycles. The van der Waals surface area contributed by atoms with Gasteiger partial charge in [-0.15, -0.1) is 0 Å². The molecule has 10 nitrogen and oxygen atoms in total. The third kappa shape index (κ3) is 7.76. The monoisotopic (exact) mass is 681 g/mol. The van der Waals surface area contributed by atoms with Gasteiger partial charge in [0.1, 0.15) is 34.9 Å². The molecule has 5 rings (SSSR count). The van der Waals surface area contributed by atoms with Crippen molar-refractivity contribution in [3.05, 3.63) is 87.3 Å². The molecule has 1 saturated heterocycles. The number of aromatic nitrogens is 2. The number of amides is 2. The van der Waals surface area contributed by atoms with Gasteiger partial charge in [0, 0.05) is 30.8 Å². The van der Waals surface area contributed by atoms with Crippen molar-refractivity contribution in [3.63, 3.8) is 0 Å². The molecule has 2 amide bonds. The van der Waals surface area contributed by atoms with Crippen molar-refractivity contribution in [1.29, 1.82) is 0 Å². The van der Waals surface area contributed by atoms with Crippen LogP contribution in [0.5, 0.6) is 5.75 Å². The summed E-state index contributed by atoms with van der Waals surface area (Å²) in [4.78, 5) is 47.0. The van der Waals surface area contributed by atoms with Gasteiger partial charge in [-0.2, -0.15) is 0 Å². The first kappa shape index (κ1) is 35.6. The van der Waals surface area contributed by atoms with Crippen molar-refractivity contribution in [2.75, 3.05) is 24.4 Å². The molecule has 0 radical (unpaired) electrons. The number of rotatable bonds is 11. The SMILES string of the molecule is C[C@@H](OC[C@@H]1CCC(=O)N1c1cc(F)ccc1CNC(=O)c1nc2n(c(=O)c1OCc1ccccc1)CCOC2(C)C)[S+](C)C(C)(C)C. The van der Waals surface area contributed by atoms with Crippen LogP contribution in [0, 0.1) is 5.82 Å². The van der Waals surface area contributed by atoms with E-state index >= 15 is 0 Å². The molecule has 3 atom stereocenters. The Balaban J connectivity index is 1.40. The van der Waals surface area contributed by atoms with Crippen LogP contribution < -0.4 is 20.5 Å². The molecule has 0 bridgehead atoms. The lowest BCUT2D eigenvalue weighted by atomic mass is 10.1. The molecule has 1 N–H and O–H groups in total. The summed E-state index contributed by atoms with van der Waals surface area (Å²) < 4.78 is 34.4. The zero-order valence-electron chi connectivity index (χ0n) is 28.8. The molecular formula is C36H46FN4O6S+. The molecular weight excluding hydrogens is 635 g/mol. The maximum Gasteiger partial charge on any atom is 0.296 e. The molecule has 2 aromatic carbocycles. The first-order valence-electron chi connectivity index (χ1n) is 16.3. The average Bonchev–Trinajstić information content (AvgIpc) is 3.41. The summed E-state index contributed by atoms with van der Waals surface area (Å²) in [5.74, 6) is -1.13. The van der Waals surface area contributed by atoms with Crippen LogP contribution in [-0.2, 0) is 50.5 Å². The topological polar surface area (TPSA) is 112 Å². The fourth-order valence-electron chi connectivity index (χ4n) is 5.92. The second-order valence-electron chi connectivity index (χ2n) is 13.7. The molecule has 258 valence electrons. The summed E-state index contributed by atoms with van der Waals surface area (Å²) in [5, 5.41) is 2.85. The number of nitrogens with zero attached hydrogens (tertiary/aromatic N) is 3. The van der Waals surface area contributed by atoms with Crippen LogP contribution in [-0.4, -0.2) is 57.1 Å². The van der Waals surface area contributed by atoms with Crippen LogP contribution in [0.1, 0.15) is 81.8 Å². The Bertz CT molecular complexity index is 1710. The van der Waals surface area contributed by atoms with Gasteiger partial charge in [0.15, 0.2) is 5.69 Å². The van der Waals surface area contributed by atoms with E-state index in [4.69, 9.17) is 14.2 Å². The van der Waals surface area contributed by atoms with Gasteiger partial charge in [0.2, 0.25) is 17.1 Å². The molecule has 12 heteroatoms. The standard InChI is InChI=1S/C36H45FN4O6S/c1-23(48(7)35(2,3)4)45-22-27-15-16-29(42)41(27)28-19-26(37)14-13-25(28)20-38-32(43)30-31(46-21-24-11-9-8-10-12-24)33(44)40-17-18-47-36(5,6)34(40)39-30/h8-14,19,23,27H,15-18,20-22H2,1-7H3/p+1/t23-,27-,48?/m0/s1. The smallest absolute Gasteiger partial charge is 0.296 e. The Hall–Kier alpha value is -3.74. The van der Waals surface area contributed by atoms with E-state index in [0.29, 0.717) is 43.1 Å². The molecule has 0 spiro atoms. The largest absolute Gasteiger partial charge is 0.481 e. The number of nitrogens with one attached hydrogen (secondary N) is 1. The molecule has 1 aromatic heterocycles. The van der Waals surface area contributed by atoms with Gasteiger partial charge < -0.3 is 24.4 Å². The van der Waals surface area contributed by atoms with E-state index in [2.05, 4.69) is 37.3 Å². The lowest BCUT2D eigenvalue weighted by Crippen LogP contribution is -2.43. The summed E-state index contributed by atoms with van der Waals surface area (Å²) in [6.45, 7) is 13.1. The minimum atomic E-state index is -0.912. The number of anilines is 1. The number of hydrogen-bond acceptors (Lipinski definition) is 7. The van der Waals surface area contributed by atoms with Gasteiger partial charge in [-0.25, -0.2) is 9.37 Å². The lowest BCUT2D eigenvalue weighted by Gasteiger charge is -2.33. The molecule has 0 saturated carbocycles. The number of fused-ring (bicyclic) bond motifs is 1. The first-order chi connectivity index (χ1) is 22.7. The average molecular weight is 682 g/mol. The third-order valence-corrected chi connectivity index (χ3v) is 12.0. The van der Waals surface area contributed by atoms with Crippen LogP contribution in [0.15, 0.2) is 53.3 Å². The van der Waals surface area contributed by atoms with Crippen molar-refractivity contribution >= 4 is 28.4 Å². The van der Waals surface area contributed by atoms with Crippen molar-refractivity contribution in [2.24, 2.45) is 0 Å². The minimum Gasteiger partial charge on any atom is -0.481 e. The third-order valence-electron chi connectivity index (χ3n) is 8.94. The first-order valence-corrected chi connectivity index (χ1v) is 18.0. The Morgan fingerprint density at radius 1 is 1.19 bits per heavy atom. The van der Waals surface area contributed by atoms with E-state index in [-0.39, 0.29) is 64.2 Å². The van der Waals surface area contributed by atoms with Crippen molar-refractivity contribution in [3.8, 4) is 5.75 Å². The molecule has 0 aliphatic carbocycles. The summed E-state index contributed by atoms with van der Waals surface area (Å²) in [7, 11) is -0.0346. The molecule has 1 unspecified atom stereocenters. The van der Waals surface area contributed by atoms with Gasteiger partial charge in [-0.3, -0.25) is 19.0 Å². The number of ether oxygens (including phenoxy) is 3. The quantitative estimate of drug-likeness (QED) is 0.282. The molecule has 48 heavy (non-hydrogen) atoms. The second kappa shape index (κ2) is 14.4. The Morgan fingerprint density at radius 3 is 2.62 bits per heavy atom. The van der Waals surface area contributed by atoms with Gasteiger partial charge in [-0.05, 0) is 64.3 Å². The van der Waals surface area contributed by atoms with Gasteiger partial charge in [0.05, 0.1) is 31.5 Å². The maximum absolute atomic E-state index is 14.7. The number of carbonyl (C=O) groups is 2. The van der Waals surface area contributed by atoms with Crippen molar-refractivity contribution in [2.45, 2.75) is 95.9 Å². The van der Waals surface area contributed by atoms with Gasteiger partial charge in [0.25, 0.3) is 11.5 Å². The van der Waals surface area contributed by atoms with E-state index in [0.717, 1.165) is 5.56 Å². The Morgan fingerprint density at radius 2 is 1.92 bits per heavy atom. The fraction of sp³-hybridized carbons (Fsp3) is 0.500. The normalized spacial score (nSPS) is 18.7. The highest BCUT2D eigenvalue weighted by molar-refractivity contribution is 7.97. The molecule has 3 aromatic rings. The summed E-state index contributed by atoms with van der Waals surface area (Å²) in [6, 6.07) is 13.2.